The number of carbonyl (C=O) groups excluding carboxylic acids is 2. The highest BCUT2D eigenvalue weighted by Crippen LogP contribution is 2.18. The summed E-state index contributed by atoms with van der Waals surface area (Å²) in [6, 6.07) is 14.3. The van der Waals surface area contributed by atoms with Gasteiger partial charge in [0.15, 0.2) is 0 Å². The largest absolute Gasteiger partial charge is 0.397 e. The van der Waals surface area contributed by atoms with Crippen molar-refractivity contribution in [3.05, 3.63) is 77.6 Å². The number of amides is 2. The zero-order valence-corrected chi connectivity index (χ0v) is 15.0. The first-order chi connectivity index (χ1) is 13.1. The van der Waals surface area contributed by atoms with E-state index in [1.165, 1.54) is 6.20 Å². The molecule has 3 rings (SSSR count). The molecule has 0 unspecified atom stereocenters. The van der Waals surface area contributed by atoms with Crippen LogP contribution in [0.5, 0.6) is 0 Å². The maximum atomic E-state index is 12.3. The third-order valence-electron chi connectivity index (χ3n) is 4.00. The lowest BCUT2D eigenvalue weighted by atomic mass is 10.1. The summed E-state index contributed by atoms with van der Waals surface area (Å²) in [7, 11) is 0. The number of nitrogen functional groups attached to an aromatic ring is 1. The molecule has 0 aliphatic heterocycles. The number of nitrogens with one attached hydrogen (secondary N) is 2. The molecule has 0 aliphatic carbocycles. The topological polar surface area (TPSA) is 102 Å². The molecule has 1 heterocycles. The molecule has 0 saturated carbocycles. The molecule has 0 atom stereocenters. The molecule has 138 valence electrons. The van der Waals surface area contributed by atoms with E-state index in [-0.39, 0.29) is 11.8 Å². The molecule has 2 aromatic carbocycles. The summed E-state index contributed by atoms with van der Waals surface area (Å²) in [6.45, 7) is 2.95. The molecule has 0 aliphatic rings. The highest BCUT2D eigenvalue weighted by atomic mass is 16.2. The summed E-state index contributed by atoms with van der Waals surface area (Å²) in [5.74, 6) is -0.368. The standard InChI is InChI=1S/C20H21N5O2/c1-2-22-19(26)16-11-23-25(13-16)12-14-7-9-15(10-8-14)20(27)24-18-6-4-3-5-17(18)21/h3-11,13H,2,12,21H2,1H3,(H,22,26)(H,24,27). The summed E-state index contributed by atoms with van der Waals surface area (Å²) < 4.78 is 1.68. The van der Waals surface area contributed by atoms with Gasteiger partial charge >= 0.3 is 0 Å². The molecule has 7 nitrogen and oxygen atoms in total. The van der Waals surface area contributed by atoms with Crippen molar-refractivity contribution in [2.75, 3.05) is 17.6 Å². The van der Waals surface area contributed by atoms with Crippen LogP contribution in [0, 0.1) is 0 Å². The minimum atomic E-state index is -0.225. The van der Waals surface area contributed by atoms with Gasteiger partial charge in [0.1, 0.15) is 0 Å². The second-order valence-electron chi connectivity index (χ2n) is 6.02. The first kappa shape index (κ1) is 18.2. The molecule has 7 heteroatoms. The SMILES string of the molecule is CCNC(=O)c1cnn(Cc2ccc(C(=O)Nc3ccccc3N)cc2)c1. The Hall–Kier alpha value is -3.61. The fraction of sp³-hybridized carbons (Fsp3) is 0.150. The number of anilines is 2. The van der Waals surface area contributed by atoms with Gasteiger partial charge in [-0.15, -0.1) is 0 Å². The van der Waals surface area contributed by atoms with E-state index in [4.69, 9.17) is 5.73 Å². The van der Waals surface area contributed by atoms with Gasteiger partial charge < -0.3 is 16.4 Å². The van der Waals surface area contributed by atoms with Crippen LogP contribution in [0.15, 0.2) is 60.9 Å². The van der Waals surface area contributed by atoms with Gasteiger partial charge in [0, 0.05) is 18.3 Å². The predicted molar refractivity (Wildman–Crippen MR) is 105 cm³/mol. The second kappa shape index (κ2) is 8.18. The summed E-state index contributed by atoms with van der Waals surface area (Å²) in [4.78, 5) is 24.1. The second-order valence-corrected chi connectivity index (χ2v) is 6.02. The van der Waals surface area contributed by atoms with E-state index in [0.717, 1.165) is 5.56 Å². The van der Waals surface area contributed by atoms with Gasteiger partial charge in [-0.1, -0.05) is 24.3 Å². The lowest BCUT2D eigenvalue weighted by molar-refractivity contribution is 0.0954. The molecule has 4 N–H and O–H groups in total. The van der Waals surface area contributed by atoms with Crippen molar-refractivity contribution in [1.82, 2.24) is 15.1 Å². The lowest BCUT2D eigenvalue weighted by Crippen LogP contribution is -2.22. The number of rotatable bonds is 6. The molecule has 3 aromatic rings. The van der Waals surface area contributed by atoms with Crippen molar-refractivity contribution in [2.24, 2.45) is 0 Å². The first-order valence-electron chi connectivity index (χ1n) is 8.62. The van der Waals surface area contributed by atoms with Gasteiger partial charge in [-0.2, -0.15) is 5.10 Å². The van der Waals surface area contributed by atoms with E-state index in [0.29, 0.717) is 35.6 Å². The van der Waals surface area contributed by atoms with Gasteiger partial charge in [-0.3, -0.25) is 14.3 Å². The number of aromatic nitrogens is 2. The first-order valence-corrected chi connectivity index (χ1v) is 8.62. The molecule has 0 spiro atoms. The molecular weight excluding hydrogens is 342 g/mol. The zero-order valence-electron chi connectivity index (χ0n) is 15.0. The minimum absolute atomic E-state index is 0.143. The lowest BCUT2D eigenvalue weighted by Gasteiger charge is -2.08. The van der Waals surface area contributed by atoms with Crippen LogP contribution in [0.25, 0.3) is 0 Å². The highest BCUT2D eigenvalue weighted by Gasteiger charge is 2.09. The van der Waals surface area contributed by atoms with Crippen LogP contribution in [0.1, 0.15) is 33.2 Å². The van der Waals surface area contributed by atoms with Crippen LogP contribution in [0.4, 0.5) is 11.4 Å². The molecule has 1 aromatic heterocycles. The Balaban J connectivity index is 1.64. The van der Waals surface area contributed by atoms with E-state index < -0.39 is 0 Å². The van der Waals surface area contributed by atoms with E-state index in [1.807, 2.05) is 31.2 Å². The van der Waals surface area contributed by atoms with E-state index >= 15 is 0 Å². The van der Waals surface area contributed by atoms with E-state index in [9.17, 15) is 9.59 Å². The van der Waals surface area contributed by atoms with Crippen molar-refractivity contribution in [3.63, 3.8) is 0 Å². The predicted octanol–water partition coefficient (Wildman–Crippen LogP) is 2.52. The van der Waals surface area contributed by atoms with Gasteiger partial charge in [-0.05, 0) is 36.8 Å². The summed E-state index contributed by atoms with van der Waals surface area (Å²) in [5, 5.41) is 9.74. The van der Waals surface area contributed by atoms with Crippen LogP contribution in [-0.2, 0) is 6.54 Å². The Morgan fingerprint density at radius 2 is 1.78 bits per heavy atom. The van der Waals surface area contributed by atoms with Crippen molar-refractivity contribution in [3.8, 4) is 0 Å². The summed E-state index contributed by atoms with van der Waals surface area (Å²) in [6.07, 6.45) is 3.24. The minimum Gasteiger partial charge on any atom is -0.397 e. The molecule has 0 bridgehead atoms. The molecule has 2 amide bonds. The van der Waals surface area contributed by atoms with Crippen LogP contribution in [0.3, 0.4) is 0 Å². The number of benzene rings is 2. The summed E-state index contributed by atoms with van der Waals surface area (Å²) >= 11 is 0. The normalized spacial score (nSPS) is 10.4. The molecule has 0 radical (unpaired) electrons. The number of nitrogens with zero attached hydrogens (tertiary/aromatic N) is 2. The Labute approximate surface area is 157 Å². The van der Waals surface area contributed by atoms with Crippen LogP contribution in [-0.4, -0.2) is 28.1 Å². The van der Waals surface area contributed by atoms with E-state index in [2.05, 4.69) is 15.7 Å². The van der Waals surface area contributed by atoms with Crippen LogP contribution >= 0.6 is 0 Å². The molecule has 0 saturated heterocycles. The monoisotopic (exact) mass is 363 g/mol. The van der Waals surface area contributed by atoms with Crippen molar-refractivity contribution >= 4 is 23.2 Å². The molecule has 27 heavy (non-hydrogen) atoms. The Bertz CT molecular complexity index is 947. The quantitative estimate of drug-likeness (QED) is 0.586. The van der Waals surface area contributed by atoms with Crippen LogP contribution in [0.2, 0.25) is 0 Å². The zero-order chi connectivity index (χ0) is 19.2. The number of para-hydroxylation sites is 2. The number of hydrogen-bond acceptors (Lipinski definition) is 4. The van der Waals surface area contributed by atoms with E-state index in [1.54, 1.807) is 35.1 Å². The molecule has 0 fully saturated rings. The third kappa shape index (κ3) is 4.52. The Morgan fingerprint density at radius 1 is 1.04 bits per heavy atom. The smallest absolute Gasteiger partial charge is 0.255 e. The number of nitrogens with two attached hydrogens (primary N) is 1. The third-order valence-corrected chi connectivity index (χ3v) is 4.00. The maximum Gasteiger partial charge on any atom is 0.255 e. The average Bonchev–Trinajstić information content (AvgIpc) is 3.13. The van der Waals surface area contributed by atoms with Crippen molar-refractivity contribution < 1.29 is 9.59 Å². The summed E-state index contributed by atoms with van der Waals surface area (Å²) in [5.41, 5.74) is 8.97. The average molecular weight is 363 g/mol. The Kier molecular flexibility index (Phi) is 5.51. The van der Waals surface area contributed by atoms with Gasteiger partial charge in [-0.25, -0.2) is 0 Å². The van der Waals surface area contributed by atoms with Gasteiger partial charge in [0.2, 0.25) is 0 Å². The molecular formula is C20H21N5O2. The maximum absolute atomic E-state index is 12.3. The fourth-order valence-corrected chi connectivity index (χ4v) is 2.58. The van der Waals surface area contributed by atoms with Gasteiger partial charge in [0.05, 0.1) is 29.7 Å². The fourth-order valence-electron chi connectivity index (χ4n) is 2.58. The van der Waals surface area contributed by atoms with Gasteiger partial charge in [0.25, 0.3) is 11.8 Å². The van der Waals surface area contributed by atoms with Crippen molar-refractivity contribution in [1.29, 1.82) is 0 Å². The highest BCUT2D eigenvalue weighted by molar-refractivity contribution is 6.05. The Morgan fingerprint density at radius 3 is 2.48 bits per heavy atom. The van der Waals surface area contributed by atoms with Crippen molar-refractivity contribution in [2.45, 2.75) is 13.5 Å². The van der Waals surface area contributed by atoms with Crippen LogP contribution < -0.4 is 16.4 Å². The number of carbonyl (C=O) groups is 2. The number of hydrogen-bond donors (Lipinski definition) is 3.